The van der Waals surface area contributed by atoms with Gasteiger partial charge < -0.3 is 10.2 Å². The zero-order valence-corrected chi connectivity index (χ0v) is 8.21. The van der Waals surface area contributed by atoms with Crippen molar-refractivity contribution in [3.8, 4) is 0 Å². The molecule has 0 amide bonds. The fraction of sp³-hybridized carbons (Fsp3) is 0. The molecule has 0 heterocycles. The van der Waals surface area contributed by atoms with Gasteiger partial charge in [-0.3, -0.25) is 0 Å². The SMILES string of the molecule is O=C(O)c1cc(Br)c(C(=O)O)cc1F. The van der Waals surface area contributed by atoms with Gasteiger partial charge in [-0.1, -0.05) is 0 Å². The maximum absolute atomic E-state index is 13.0. The zero-order valence-electron chi connectivity index (χ0n) is 6.62. The molecule has 0 spiro atoms. The fourth-order valence-corrected chi connectivity index (χ4v) is 1.39. The van der Waals surface area contributed by atoms with Crippen LogP contribution in [0.3, 0.4) is 0 Å². The molecule has 6 heteroatoms. The summed E-state index contributed by atoms with van der Waals surface area (Å²) in [6.07, 6.45) is 0. The van der Waals surface area contributed by atoms with E-state index in [1.165, 1.54) is 0 Å². The van der Waals surface area contributed by atoms with Crippen molar-refractivity contribution < 1.29 is 24.2 Å². The van der Waals surface area contributed by atoms with Gasteiger partial charge in [0.05, 0.1) is 11.1 Å². The first-order valence-corrected chi connectivity index (χ1v) is 4.18. The van der Waals surface area contributed by atoms with Crippen LogP contribution in [0, 0.1) is 5.82 Å². The van der Waals surface area contributed by atoms with E-state index < -0.39 is 23.3 Å². The number of rotatable bonds is 2. The van der Waals surface area contributed by atoms with Crippen LogP contribution < -0.4 is 0 Å². The first-order valence-electron chi connectivity index (χ1n) is 3.39. The molecule has 1 rings (SSSR count). The number of hydrogen-bond donors (Lipinski definition) is 2. The summed E-state index contributed by atoms with van der Waals surface area (Å²) in [5.41, 5.74) is -0.880. The van der Waals surface area contributed by atoms with Gasteiger partial charge in [0.1, 0.15) is 5.82 Å². The van der Waals surface area contributed by atoms with E-state index in [4.69, 9.17) is 10.2 Å². The smallest absolute Gasteiger partial charge is 0.338 e. The molecule has 0 fully saturated rings. The van der Waals surface area contributed by atoms with E-state index in [1.807, 2.05) is 0 Å². The molecule has 0 aromatic heterocycles. The average molecular weight is 263 g/mol. The van der Waals surface area contributed by atoms with Crippen LogP contribution >= 0.6 is 15.9 Å². The highest BCUT2D eigenvalue weighted by molar-refractivity contribution is 9.10. The van der Waals surface area contributed by atoms with Crippen LogP contribution in [0.25, 0.3) is 0 Å². The number of carboxylic acid groups (broad SMARTS) is 2. The molecule has 0 bridgehead atoms. The van der Waals surface area contributed by atoms with Crippen molar-refractivity contribution in [2.75, 3.05) is 0 Å². The second kappa shape index (κ2) is 3.75. The highest BCUT2D eigenvalue weighted by atomic mass is 79.9. The molecule has 0 saturated carbocycles. The highest BCUT2D eigenvalue weighted by Gasteiger charge is 2.16. The molecule has 2 N–H and O–H groups in total. The zero-order chi connectivity index (χ0) is 10.9. The molecule has 1 aromatic carbocycles. The summed E-state index contributed by atoms with van der Waals surface area (Å²) in [5.74, 6) is -3.84. The van der Waals surface area contributed by atoms with Gasteiger partial charge in [-0.05, 0) is 28.1 Å². The minimum absolute atomic E-state index is 0.0313. The lowest BCUT2D eigenvalue weighted by atomic mass is 10.1. The highest BCUT2D eigenvalue weighted by Crippen LogP contribution is 2.21. The van der Waals surface area contributed by atoms with Gasteiger partial charge in [0.15, 0.2) is 0 Å². The second-order valence-corrected chi connectivity index (χ2v) is 3.28. The Morgan fingerprint density at radius 1 is 1.14 bits per heavy atom. The van der Waals surface area contributed by atoms with Crippen LogP contribution in [0.4, 0.5) is 4.39 Å². The van der Waals surface area contributed by atoms with Crippen molar-refractivity contribution in [1.82, 2.24) is 0 Å². The lowest BCUT2D eigenvalue weighted by Gasteiger charge is -2.02. The molecule has 14 heavy (non-hydrogen) atoms. The third-order valence-electron chi connectivity index (χ3n) is 1.52. The van der Waals surface area contributed by atoms with Crippen LogP contribution in [-0.4, -0.2) is 22.2 Å². The Bertz CT molecular complexity index is 376. The van der Waals surface area contributed by atoms with Crippen molar-refractivity contribution in [2.24, 2.45) is 0 Å². The van der Waals surface area contributed by atoms with E-state index in [9.17, 15) is 14.0 Å². The normalized spacial score (nSPS) is 9.86. The van der Waals surface area contributed by atoms with Crippen molar-refractivity contribution >= 4 is 27.9 Å². The predicted octanol–water partition coefficient (Wildman–Crippen LogP) is 1.98. The number of benzene rings is 1. The Kier molecular flexibility index (Phi) is 2.85. The van der Waals surface area contributed by atoms with Gasteiger partial charge >= 0.3 is 11.9 Å². The van der Waals surface area contributed by atoms with Crippen LogP contribution in [0.2, 0.25) is 0 Å². The summed E-state index contributed by atoms with van der Waals surface area (Å²) in [7, 11) is 0. The van der Waals surface area contributed by atoms with Gasteiger partial charge in [0, 0.05) is 4.47 Å². The third kappa shape index (κ3) is 1.90. The summed E-state index contributed by atoms with van der Waals surface area (Å²) in [6, 6.07) is 1.58. The topological polar surface area (TPSA) is 74.6 Å². The summed E-state index contributed by atoms with van der Waals surface area (Å²) in [5, 5.41) is 17.1. The van der Waals surface area contributed by atoms with Gasteiger partial charge in [0.25, 0.3) is 0 Å². The summed E-state index contributed by atoms with van der Waals surface area (Å²) in [6.45, 7) is 0. The molecule has 0 unspecified atom stereocenters. The molecular formula is C8H4BrFO4. The number of aromatic carboxylic acids is 2. The molecule has 0 atom stereocenters. The van der Waals surface area contributed by atoms with Crippen molar-refractivity contribution in [1.29, 1.82) is 0 Å². The first-order chi connectivity index (χ1) is 6.43. The molecule has 0 aliphatic rings. The second-order valence-electron chi connectivity index (χ2n) is 2.42. The van der Waals surface area contributed by atoms with Crippen molar-refractivity contribution in [3.63, 3.8) is 0 Å². The summed E-state index contributed by atoms with van der Waals surface area (Å²) >= 11 is 2.84. The monoisotopic (exact) mass is 262 g/mol. The molecular weight excluding hydrogens is 259 g/mol. The number of carbonyl (C=O) groups is 2. The third-order valence-corrected chi connectivity index (χ3v) is 2.17. The van der Waals surface area contributed by atoms with E-state index in [0.29, 0.717) is 6.07 Å². The predicted molar refractivity (Wildman–Crippen MR) is 48.0 cm³/mol. The molecule has 74 valence electrons. The van der Waals surface area contributed by atoms with Crippen molar-refractivity contribution in [2.45, 2.75) is 0 Å². The minimum Gasteiger partial charge on any atom is -0.478 e. The fourth-order valence-electron chi connectivity index (χ4n) is 0.875. The van der Waals surface area contributed by atoms with Gasteiger partial charge in [0.2, 0.25) is 0 Å². The Morgan fingerprint density at radius 2 is 1.64 bits per heavy atom. The minimum atomic E-state index is -1.44. The van der Waals surface area contributed by atoms with Gasteiger partial charge in [-0.15, -0.1) is 0 Å². The van der Waals surface area contributed by atoms with E-state index >= 15 is 0 Å². The Labute approximate surface area is 86.1 Å². The summed E-state index contributed by atoms with van der Waals surface area (Å²) < 4.78 is 13.0. The summed E-state index contributed by atoms with van der Waals surface area (Å²) in [4.78, 5) is 21.0. The Morgan fingerprint density at radius 3 is 2.07 bits per heavy atom. The lowest BCUT2D eigenvalue weighted by molar-refractivity contribution is 0.0676. The van der Waals surface area contributed by atoms with E-state index in [0.717, 1.165) is 6.07 Å². The lowest BCUT2D eigenvalue weighted by Crippen LogP contribution is -2.05. The standard InChI is InChI=1S/C8H4BrFO4/c9-5-1-4(8(13)14)6(10)2-3(5)7(11)12/h1-2H,(H,11,12)(H,13,14). The quantitative estimate of drug-likeness (QED) is 0.855. The van der Waals surface area contributed by atoms with E-state index in [2.05, 4.69) is 15.9 Å². The molecule has 4 nitrogen and oxygen atoms in total. The number of hydrogen-bond acceptors (Lipinski definition) is 2. The molecule has 1 aromatic rings. The Hall–Kier alpha value is -1.43. The molecule has 0 saturated heterocycles. The van der Waals surface area contributed by atoms with E-state index in [-0.39, 0.29) is 10.0 Å². The maximum atomic E-state index is 13.0. The average Bonchev–Trinajstić information content (AvgIpc) is 2.07. The van der Waals surface area contributed by atoms with Crippen molar-refractivity contribution in [3.05, 3.63) is 33.5 Å². The Balaban J connectivity index is 3.38. The molecule has 0 aliphatic heterocycles. The van der Waals surface area contributed by atoms with Crippen LogP contribution in [0.1, 0.15) is 20.7 Å². The van der Waals surface area contributed by atoms with Gasteiger partial charge in [-0.2, -0.15) is 0 Å². The number of carboxylic acids is 2. The van der Waals surface area contributed by atoms with Crippen LogP contribution in [-0.2, 0) is 0 Å². The number of halogens is 2. The molecule has 0 radical (unpaired) electrons. The first kappa shape index (κ1) is 10.6. The van der Waals surface area contributed by atoms with Crippen LogP contribution in [0.5, 0.6) is 0 Å². The van der Waals surface area contributed by atoms with Crippen LogP contribution in [0.15, 0.2) is 16.6 Å². The van der Waals surface area contributed by atoms with E-state index in [1.54, 1.807) is 0 Å². The largest absolute Gasteiger partial charge is 0.478 e. The van der Waals surface area contributed by atoms with Gasteiger partial charge in [-0.25, -0.2) is 14.0 Å². The maximum Gasteiger partial charge on any atom is 0.338 e. The molecule has 0 aliphatic carbocycles.